The third kappa shape index (κ3) is 2.26. The van der Waals surface area contributed by atoms with Gasteiger partial charge in [-0.25, -0.2) is 0 Å². The number of hydrogen-bond acceptors (Lipinski definition) is 5. The van der Waals surface area contributed by atoms with Crippen LogP contribution in [0.3, 0.4) is 0 Å². The van der Waals surface area contributed by atoms with Crippen molar-refractivity contribution < 1.29 is 14.3 Å². The minimum Gasteiger partial charge on any atom is -0.454 e. The predicted molar refractivity (Wildman–Crippen MR) is 81.2 cm³/mol. The van der Waals surface area contributed by atoms with Gasteiger partial charge < -0.3 is 9.47 Å². The smallest absolute Gasteiger partial charge is 0.265 e. The van der Waals surface area contributed by atoms with Crippen LogP contribution < -0.4 is 9.47 Å². The van der Waals surface area contributed by atoms with E-state index in [-0.39, 0.29) is 12.7 Å². The third-order valence-corrected chi connectivity index (χ3v) is 4.94. The molecule has 0 radical (unpaired) electrons. The molecule has 0 saturated carbocycles. The fourth-order valence-electron chi connectivity index (χ4n) is 1.73. The van der Waals surface area contributed by atoms with E-state index in [1.54, 1.807) is 13.1 Å². The van der Waals surface area contributed by atoms with E-state index in [2.05, 4.69) is 15.9 Å². The average Bonchev–Trinajstić information content (AvgIpc) is 2.91. The summed E-state index contributed by atoms with van der Waals surface area (Å²) < 4.78 is 12.0. The Hall–Kier alpha value is -1.05. The first kappa shape index (κ1) is 13.0. The molecular weight excluding hydrogens is 350 g/mol. The Morgan fingerprint density at radius 2 is 2.11 bits per heavy atom. The Kier molecular flexibility index (Phi) is 3.28. The van der Waals surface area contributed by atoms with Gasteiger partial charge in [0.05, 0.1) is 4.91 Å². The Bertz CT molecular complexity index is 630. The second-order valence-corrected chi connectivity index (χ2v) is 6.50. The Morgan fingerprint density at radius 3 is 2.74 bits per heavy atom. The lowest BCUT2D eigenvalue weighted by atomic mass is 10.2. The molecule has 2 aliphatic rings. The fraction of sp³-hybridized carbons (Fsp3) is 0.167. The molecule has 1 amide bonds. The van der Waals surface area contributed by atoms with E-state index in [4.69, 9.17) is 21.7 Å². The number of amides is 1. The maximum atomic E-state index is 11.9. The van der Waals surface area contributed by atoms with Gasteiger partial charge in [-0.05, 0) is 23.8 Å². The summed E-state index contributed by atoms with van der Waals surface area (Å²) >= 11 is 9.85. The molecule has 1 fully saturated rings. The van der Waals surface area contributed by atoms with Crippen molar-refractivity contribution in [2.45, 2.75) is 0 Å². The van der Waals surface area contributed by atoms with Crippen molar-refractivity contribution in [1.29, 1.82) is 0 Å². The summed E-state index contributed by atoms with van der Waals surface area (Å²) in [5, 5.41) is 0. The van der Waals surface area contributed by atoms with E-state index >= 15 is 0 Å². The molecule has 2 aliphatic heterocycles. The van der Waals surface area contributed by atoms with Crippen LogP contribution >= 0.6 is 39.9 Å². The first-order chi connectivity index (χ1) is 9.06. The van der Waals surface area contributed by atoms with Crippen molar-refractivity contribution in [2.24, 2.45) is 0 Å². The molecule has 1 aromatic rings. The van der Waals surface area contributed by atoms with Gasteiger partial charge in [0.25, 0.3) is 5.91 Å². The van der Waals surface area contributed by atoms with Crippen molar-refractivity contribution in [3.63, 3.8) is 0 Å². The Labute approximate surface area is 127 Å². The molecule has 0 unspecified atom stereocenters. The number of nitrogens with zero attached hydrogens (tertiary/aromatic N) is 1. The van der Waals surface area contributed by atoms with E-state index in [0.29, 0.717) is 20.7 Å². The lowest BCUT2D eigenvalue weighted by Crippen LogP contribution is -2.22. The molecule has 0 N–H and O–H groups in total. The van der Waals surface area contributed by atoms with E-state index in [1.807, 2.05) is 12.1 Å². The molecule has 3 rings (SSSR count). The van der Waals surface area contributed by atoms with Gasteiger partial charge in [0.1, 0.15) is 4.32 Å². The summed E-state index contributed by atoms with van der Waals surface area (Å²) in [7, 11) is 1.67. The van der Waals surface area contributed by atoms with Crippen molar-refractivity contribution in [1.82, 2.24) is 4.90 Å². The molecule has 1 aromatic carbocycles. The molecule has 1 saturated heterocycles. The van der Waals surface area contributed by atoms with Gasteiger partial charge in [-0.2, -0.15) is 0 Å². The number of carbonyl (C=O) groups is 1. The molecule has 4 nitrogen and oxygen atoms in total. The molecule has 0 bridgehead atoms. The zero-order valence-electron chi connectivity index (χ0n) is 9.81. The number of thioether (sulfide) groups is 1. The number of fused-ring (bicyclic) bond motifs is 1. The molecule has 7 heteroatoms. The number of benzene rings is 1. The largest absolute Gasteiger partial charge is 0.454 e. The van der Waals surface area contributed by atoms with Gasteiger partial charge in [0, 0.05) is 11.5 Å². The van der Waals surface area contributed by atoms with Crippen molar-refractivity contribution in [3.05, 3.63) is 27.1 Å². The monoisotopic (exact) mass is 357 g/mol. The Morgan fingerprint density at radius 1 is 1.42 bits per heavy atom. The minimum atomic E-state index is -0.0837. The number of rotatable bonds is 1. The number of thiocarbonyl (C=S) groups is 1. The predicted octanol–water partition coefficient (Wildman–Crippen LogP) is 3.01. The first-order valence-electron chi connectivity index (χ1n) is 5.37. The lowest BCUT2D eigenvalue weighted by Gasteiger charge is -2.04. The van der Waals surface area contributed by atoms with Gasteiger partial charge in [0.2, 0.25) is 6.79 Å². The number of carbonyl (C=O) groups excluding carboxylic acids is 1. The molecule has 98 valence electrons. The summed E-state index contributed by atoms with van der Waals surface area (Å²) in [5.74, 6) is 1.30. The first-order valence-corrected chi connectivity index (χ1v) is 7.39. The van der Waals surface area contributed by atoms with Crippen LogP contribution in [-0.4, -0.2) is 29.0 Å². The van der Waals surface area contributed by atoms with Crippen molar-refractivity contribution in [2.75, 3.05) is 13.8 Å². The average molecular weight is 358 g/mol. The summed E-state index contributed by atoms with van der Waals surface area (Å²) in [4.78, 5) is 14.0. The topological polar surface area (TPSA) is 38.8 Å². The van der Waals surface area contributed by atoms with Gasteiger partial charge in [-0.1, -0.05) is 39.9 Å². The van der Waals surface area contributed by atoms with E-state index in [1.165, 1.54) is 16.7 Å². The van der Waals surface area contributed by atoms with Crippen LogP contribution in [0.5, 0.6) is 11.5 Å². The summed E-state index contributed by atoms with van der Waals surface area (Å²) in [6, 6.07) is 3.68. The van der Waals surface area contributed by atoms with Crippen LogP contribution in [0.4, 0.5) is 0 Å². The van der Waals surface area contributed by atoms with Crippen LogP contribution in [0.15, 0.2) is 21.5 Å². The summed E-state index contributed by atoms with van der Waals surface area (Å²) in [5.41, 5.74) is 0.859. The fourth-order valence-corrected chi connectivity index (χ4v) is 3.34. The van der Waals surface area contributed by atoms with Crippen LogP contribution in [0.2, 0.25) is 0 Å². The number of hydrogen-bond donors (Lipinski definition) is 0. The standard InChI is InChI=1S/C12H8BrNO3S2/c1-14-11(15)10(19-12(14)18)3-6-2-8-9(4-7(6)13)17-5-16-8/h2-4H,5H2,1H3/b10-3-. The molecule has 0 spiro atoms. The maximum Gasteiger partial charge on any atom is 0.265 e. The molecule has 0 aliphatic carbocycles. The van der Waals surface area contributed by atoms with E-state index in [0.717, 1.165) is 10.0 Å². The highest BCUT2D eigenvalue weighted by Crippen LogP contribution is 2.39. The second kappa shape index (κ2) is 4.81. The molecule has 19 heavy (non-hydrogen) atoms. The van der Waals surface area contributed by atoms with Crippen molar-refractivity contribution >= 4 is 56.2 Å². The van der Waals surface area contributed by atoms with Crippen molar-refractivity contribution in [3.8, 4) is 11.5 Å². The van der Waals surface area contributed by atoms with Gasteiger partial charge >= 0.3 is 0 Å². The highest BCUT2D eigenvalue weighted by Gasteiger charge is 2.29. The number of likely N-dealkylation sites (N-methyl/N-ethyl adjacent to an activating group) is 1. The van der Waals surface area contributed by atoms with Gasteiger partial charge in [-0.15, -0.1) is 0 Å². The highest BCUT2D eigenvalue weighted by atomic mass is 79.9. The summed E-state index contributed by atoms with van der Waals surface area (Å²) in [6.07, 6.45) is 1.80. The van der Waals surface area contributed by atoms with Crippen LogP contribution in [0.1, 0.15) is 5.56 Å². The molecular formula is C12H8BrNO3S2. The summed E-state index contributed by atoms with van der Waals surface area (Å²) in [6.45, 7) is 0.225. The van der Waals surface area contributed by atoms with Crippen LogP contribution in [-0.2, 0) is 4.79 Å². The zero-order chi connectivity index (χ0) is 13.6. The highest BCUT2D eigenvalue weighted by molar-refractivity contribution is 9.10. The SMILES string of the molecule is CN1C(=O)/C(=C/c2cc3c(cc2Br)OCO3)SC1=S. The van der Waals surface area contributed by atoms with Crippen LogP contribution in [0, 0.1) is 0 Å². The van der Waals surface area contributed by atoms with Gasteiger partial charge in [0.15, 0.2) is 11.5 Å². The quantitative estimate of drug-likeness (QED) is 0.570. The van der Waals surface area contributed by atoms with E-state index < -0.39 is 0 Å². The van der Waals surface area contributed by atoms with Crippen LogP contribution in [0.25, 0.3) is 6.08 Å². The zero-order valence-corrected chi connectivity index (χ0v) is 13.0. The number of halogens is 1. The molecule has 0 aromatic heterocycles. The minimum absolute atomic E-state index is 0.0837. The third-order valence-electron chi connectivity index (χ3n) is 2.77. The molecule has 0 atom stereocenters. The number of ether oxygens (including phenoxy) is 2. The Balaban J connectivity index is 2.00. The second-order valence-electron chi connectivity index (χ2n) is 3.97. The van der Waals surface area contributed by atoms with E-state index in [9.17, 15) is 4.79 Å². The maximum absolute atomic E-state index is 11.9. The normalized spacial score (nSPS) is 19.7. The lowest BCUT2D eigenvalue weighted by molar-refractivity contribution is -0.121. The molecule has 2 heterocycles. The van der Waals surface area contributed by atoms with Gasteiger partial charge in [-0.3, -0.25) is 9.69 Å².